The molecule has 0 aliphatic heterocycles. The van der Waals surface area contributed by atoms with Gasteiger partial charge in [-0.3, -0.25) is 4.79 Å². The second-order valence-corrected chi connectivity index (χ2v) is 3.40. The largest absolute Gasteiger partial charge is 0.507 e. The number of esters is 1. The second kappa shape index (κ2) is 4.79. The van der Waals surface area contributed by atoms with Gasteiger partial charge in [-0.2, -0.15) is 0 Å². The lowest BCUT2D eigenvalue weighted by Crippen LogP contribution is -2.16. The predicted molar refractivity (Wildman–Crippen MR) is 56.4 cm³/mol. The number of methoxy groups -OCH3 is 1. The molecule has 4 heteroatoms. The summed E-state index contributed by atoms with van der Waals surface area (Å²) in [5.41, 5.74) is 7.09. The molecule has 82 valence electrons. The summed E-state index contributed by atoms with van der Waals surface area (Å²) >= 11 is 0. The molecule has 0 aliphatic rings. The SMILES string of the molecule is COC(=O)C[C@H](N)c1cccc(C)c1O. The van der Waals surface area contributed by atoms with Crippen LogP contribution in [0.2, 0.25) is 0 Å². The first-order valence-corrected chi connectivity index (χ1v) is 4.67. The summed E-state index contributed by atoms with van der Waals surface area (Å²) in [7, 11) is 1.31. The maximum atomic E-state index is 11.0. The number of rotatable bonds is 3. The maximum absolute atomic E-state index is 11.0. The van der Waals surface area contributed by atoms with E-state index in [1.165, 1.54) is 7.11 Å². The van der Waals surface area contributed by atoms with E-state index in [-0.39, 0.29) is 18.1 Å². The molecule has 0 spiro atoms. The Balaban J connectivity index is 2.86. The van der Waals surface area contributed by atoms with Crippen molar-refractivity contribution in [3.63, 3.8) is 0 Å². The molecule has 15 heavy (non-hydrogen) atoms. The van der Waals surface area contributed by atoms with Gasteiger partial charge in [-0.25, -0.2) is 0 Å². The van der Waals surface area contributed by atoms with Gasteiger partial charge in [0.1, 0.15) is 5.75 Å². The third-order valence-electron chi connectivity index (χ3n) is 2.28. The molecule has 1 aromatic carbocycles. The van der Waals surface area contributed by atoms with Crippen LogP contribution in [-0.4, -0.2) is 18.2 Å². The van der Waals surface area contributed by atoms with Crippen molar-refractivity contribution in [2.24, 2.45) is 5.73 Å². The highest BCUT2D eigenvalue weighted by Gasteiger charge is 2.15. The van der Waals surface area contributed by atoms with Crippen LogP contribution in [0.1, 0.15) is 23.6 Å². The molecule has 0 aromatic heterocycles. The molecular formula is C11H15NO3. The fourth-order valence-electron chi connectivity index (χ4n) is 1.35. The van der Waals surface area contributed by atoms with Crippen molar-refractivity contribution < 1.29 is 14.6 Å². The number of hydrogen-bond acceptors (Lipinski definition) is 4. The highest BCUT2D eigenvalue weighted by molar-refractivity contribution is 5.70. The molecule has 0 saturated heterocycles. The lowest BCUT2D eigenvalue weighted by Gasteiger charge is -2.13. The van der Waals surface area contributed by atoms with E-state index in [1.54, 1.807) is 25.1 Å². The molecule has 0 radical (unpaired) electrons. The molecule has 0 fully saturated rings. The van der Waals surface area contributed by atoms with Gasteiger partial charge in [0.25, 0.3) is 0 Å². The smallest absolute Gasteiger partial charge is 0.307 e. The van der Waals surface area contributed by atoms with E-state index in [1.807, 2.05) is 0 Å². The van der Waals surface area contributed by atoms with Gasteiger partial charge >= 0.3 is 5.97 Å². The second-order valence-electron chi connectivity index (χ2n) is 3.40. The summed E-state index contributed by atoms with van der Waals surface area (Å²) in [5, 5.41) is 9.72. The molecule has 1 rings (SSSR count). The summed E-state index contributed by atoms with van der Waals surface area (Å²) in [5.74, 6) is -0.239. The summed E-state index contributed by atoms with van der Waals surface area (Å²) < 4.78 is 4.51. The number of nitrogens with two attached hydrogens (primary N) is 1. The van der Waals surface area contributed by atoms with Crippen LogP contribution in [0.4, 0.5) is 0 Å². The van der Waals surface area contributed by atoms with E-state index in [0.29, 0.717) is 5.56 Å². The first-order valence-electron chi connectivity index (χ1n) is 4.67. The predicted octanol–water partition coefficient (Wildman–Crippen LogP) is 1.26. The van der Waals surface area contributed by atoms with Crippen molar-refractivity contribution in [1.29, 1.82) is 0 Å². The minimum atomic E-state index is -0.530. The maximum Gasteiger partial charge on any atom is 0.307 e. The number of carbonyl (C=O) groups is 1. The molecule has 0 aliphatic carbocycles. The number of aromatic hydroxyl groups is 1. The van der Waals surface area contributed by atoms with Crippen LogP contribution in [0.5, 0.6) is 5.75 Å². The molecule has 1 aromatic rings. The van der Waals surface area contributed by atoms with Crippen molar-refractivity contribution in [3.05, 3.63) is 29.3 Å². The van der Waals surface area contributed by atoms with Crippen LogP contribution < -0.4 is 5.73 Å². The summed E-state index contributed by atoms with van der Waals surface area (Å²) in [6, 6.07) is 4.75. The standard InChI is InChI=1S/C11H15NO3/c1-7-4-3-5-8(11(7)14)9(12)6-10(13)15-2/h3-5,9,14H,6,12H2,1-2H3/t9-/m0/s1. The minimum absolute atomic E-state index is 0.0630. The number of benzene rings is 1. The lowest BCUT2D eigenvalue weighted by atomic mass is 10.0. The number of phenols is 1. The number of phenolic OH excluding ortho intramolecular Hbond substituents is 1. The fraction of sp³-hybridized carbons (Fsp3) is 0.364. The Morgan fingerprint density at radius 2 is 2.27 bits per heavy atom. The van der Waals surface area contributed by atoms with Gasteiger partial charge in [-0.1, -0.05) is 18.2 Å². The van der Waals surface area contributed by atoms with Gasteiger partial charge in [0.05, 0.1) is 13.5 Å². The highest BCUT2D eigenvalue weighted by atomic mass is 16.5. The van der Waals surface area contributed by atoms with Gasteiger partial charge in [0.15, 0.2) is 0 Å². The van der Waals surface area contributed by atoms with Gasteiger partial charge in [0.2, 0.25) is 0 Å². The Bertz CT molecular complexity index is 363. The molecular weight excluding hydrogens is 194 g/mol. The Morgan fingerprint density at radius 1 is 1.60 bits per heavy atom. The number of aryl methyl sites for hydroxylation is 1. The van der Waals surface area contributed by atoms with Crippen molar-refractivity contribution in [2.75, 3.05) is 7.11 Å². The van der Waals surface area contributed by atoms with Crippen LogP contribution in [0.25, 0.3) is 0 Å². The van der Waals surface area contributed by atoms with Crippen molar-refractivity contribution in [1.82, 2.24) is 0 Å². The Kier molecular flexibility index (Phi) is 3.68. The highest BCUT2D eigenvalue weighted by Crippen LogP contribution is 2.27. The molecule has 1 atom stereocenters. The summed E-state index contributed by atoms with van der Waals surface area (Å²) in [4.78, 5) is 11.0. The molecule has 0 bridgehead atoms. The van der Waals surface area contributed by atoms with Crippen molar-refractivity contribution >= 4 is 5.97 Å². The molecule has 4 nitrogen and oxygen atoms in total. The molecule has 0 saturated carbocycles. The van der Waals surface area contributed by atoms with Gasteiger partial charge in [-0.15, -0.1) is 0 Å². The van der Waals surface area contributed by atoms with Crippen LogP contribution >= 0.6 is 0 Å². The quantitative estimate of drug-likeness (QED) is 0.735. The zero-order valence-electron chi connectivity index (χ0n) is 8.86. The third-order valence-corrected chi connectivity index (χ3v) is 2.28. The number of carbonyl (C=O) groups excluding carboxylic acids is 1. The van der Waals surface area contributed by atoms with Gasteiger partial charge < -0.3 is 15.6 Å². The lowest BCUT2D eigenvalue weighted by molar-refractivity contribution is -0.141. The van der Waals surface area contributed by atoms with Crippen LogP contribution in [0.15, 0.2) is 18.2 Å². The number of ether oxygens (including phenoxy) is 1. The van der Waals surface area contributed by atoms with Crippen LogP contribution in [-0.2, 0) is 9.53 Å². The van der Waals surface area contributed by atoms with E-state index in [2.05, 4.69) is 4.74 Å². The molecule has 0 unspecified atom stereocenters. The number of hydrogen-bond donors (Lipinski definition) is 2. The first kappa shape index (κ1) is 11.5. The topological polar surface area (TPSA) is 72.5 Å². The molecule has 0 heterocycles. The first-order chi connectivity index (χ1) is 7.06. The van der Waals surface area contributed by atoms with E-state index >= 15 is 0 Å². The summed E-state index contributed by atoms with van der Waals surface area (Å²) in [6.45, 7) is 1.78. The van der Waals surface area contributed by atoms with Crippen molar-refractivity contribution in [2.45, 2.75) is 19.4 Å². The molecule has 0 amide bonds. The zero-order valence-corrected chi connectivity index (χ0v) is 8.86. The van der Waals surface area contributed by atoms with Crippen LogP contribution in [0.3, 0.4) is 0 Å². The molecule has 3 N–H and O–H groups in total. The van der Waals surface area contributed by atoms with Crippen molar-refractivity contribution in [3.8, 4) is 5.75 Å². The summed E-state index contributed by atoms with van der Waals surface area (Å²) in [6.07, 6.45) is 0.0630. The van der Waals surface area contributed by atoms with E-state index < -0.39 is 6.04 Å². The average molecular weight is 209 g/mol. The van der Waals surface area contributed by atoms with Gasteiger partial charge in [-0.05, 0) is 12.5 Å². The van der Waals surface area contributed by atoms with E-state index in [4.69, 9.17) is 5.73 Å². The van der Waals surface area contributed by atoms with E-state index in [9.17, 15) is 9.90 Å². The zero-order chi connectivity index (χ0) is 11.4. The average Bonchev–Trinajstić information content (AvgIpc) is 2.21. The third kappa shape index (κ3) is 2.70. The monoisotopic (exact) mass is 209 g/mol. The normalized spacial score (nSPS) is 12.2. The Morgan fingerprint density at radius 3 is 2.87 bits per heavy atom. The van der Waals surface area contributed by atoms with E-state index in [0.717, 1.165) is 5.56 Å². The Hall–Kier alpha value is -1.55. The van der Waals surface area contributed by atoms with Gasteiger partial charge in [0, 0.05) is 11.6 Å². The fourth-order valence-corrected chi connectivity index (χ4v) is 1.35. The number of para-hydroxylation sites is 1. The van der Waals surface area contributed by atoms with Crippen LogP contribution in [0, 0.1) is 6.92 Å². The Labute approximate surface area is 88.7 Å². The minimum Gasteiger partial charge on any atom is -0.507 e.